The number of benzene rings is 9. The summed E-state index contributed by atoms with van der Waals surface area (Å²) in [5.74, 6) is 0. The van der Waals surface area contributed by atoms with Gasteiger partial charge in [-0.25, -0.2) is 0 Å². The van der Waals surface area contributed by atoms with Gasteiger partial charge < -0.3 is 13.6 Å². The van der Waals surface area contributed by atoms with Crippen molar-refractivity contribution in [3.05, 3.63) is 182 Å². The maximum absolute atomic E-state index is 6.33. The predicted molar refractivity (Wildman–Crippen MR) is 230 cm³/mol. The van der Waals surface area contributed by atoms with Crippen LogP contribution in [0.25, 0.3) is 121 Å². The van der Waals surface area contributed by atoms with Crippen LogP contribution in [0.3, 0.4) is 0 Å². The van der Waals surface area contributed by atoms with Gasteiger partial charge in [0.25, 0.3) is 0 Å². The van der Waals surface area contributed by atoms with Crippen LogP contribution in [0.1, 0.15) is 0 Å². The Bertz CT molecular complexity index is 3600. The van der Waals surface area contributed by atoms with Gasteiger partial charge in [0, 0.05) is 49.8 Å². The minimum absolute atomic E-state index is 0.898. The zero-order valence-corrected chi connectivity index (χ0v) is 29.6. The molecular formula is C52H30N2O. The van der Waals surface area contributed by atoms with Crippen molar-refractivity contribution in [3.63, 3.8) is 0 Å². The second kappa shape index (κ2) is 10.6. The Kier molecular flexibility index (Phi) is 5.63. The normalized spacial score (nSPS) is 12.4. The predicted octanol–water partition coefficient (Wildman–Crippen LogP) is 14.2. The van der Waals surface area contributed by atoms with E-state index in [1.54, 1.807) is 0 Å². The number of hydrogen-bond acceptors (Lipinski definition) is 1. The molecule has 1 aliphatic carbocycles. The zero-order chi connectivity index (χ0) is 35.8. The number of rotatable bonds is 3. The van der Waals surface area contributed by atoms with Crippen LogP contribution in [0, 0.1) is 0 Å². The fourth-order valence-electron chi connectivity index (χ4n) is 9.70. The van der Waals surface area contributed by atoms with Crippen molar-refractivity contribution in [1.29, 1.82) is 0 Å². The average molecular weight is 699 g/mol. The summed E-state index contributed by atoms with van der Waals surface area (Å²) in [7, 11) is 0. The first-order valence-electron chi connectivity index (χ1n) is 18.9. The molecule has 12 aromatic rings. The molecule has 3 heteroatoms. The highest BCUT2D eigenvalue weighted by Gasteiger charge is 2.25. The van der Waals surface area contributed by atoms with Gasteiger partial charge in [0.05, 0.1) is 22.1 Å². The Labute approximate surface area is 315 Å². The number of furan rings is 1. The van der Waals surface area contributed by atoms with Crippen molar-refractivity contribution in [1.82, 2.24) is 9.13 Å². The summed E-state index contributed by atoms with van der Waals surface area (Å²) in [6.07, 6.45) is 0. The van der Waals surface area contributed by atoms with Gasteiger partial charge in [-0.3, -0.25) is 0 Å². The first-order chi connectivity index (χ1) is 27.3. The van der Waals surface area contributed by atoms with Gasteiger partial charge in [-0.1, -0.05) is 109 Å². The van der Waals surface area contributed by atoms with Gasteiger partial charge in [0.15, 0.2) is 0 Å². The van der Waals surface area contributed by atoms with Crippen LogP contribution in [0.2, 0.25) is 0 Å². The van der Waals surface area contributed by atoms with Crippen LogP contribution in [0.5, 0.6) is 0 Å². The lowest BCUT2D eigenvalue weighted by atomic mass is 9.96. The van der Waals surface area contributed by atoms with E-state index in [9.17, 15) is 0 Å². The molecule has 0 bridgehead atoms. The average Bonchev–Trinajstić information content (AvgIpc) is 3.98. The maximum atomic E-state index is 6.33. The molecule has 0 atom stereocenters. The smallest absolute Gasteiger partial charge is 0.137 e. The van der Waals surface area contributed by atoms with E-state index in [0.29, 0.717) is 0 Å². The van der Waals surface area contributed by atoms with Gasteiger partial charge in [0.1, 0.15) is 11.2 Å². The molecule has 0 spiro atoms. The maximum Gasteiger partial charge on any atom is 0.137 e. The summed E-state index contributed by atoms with van der Waals surface area (Å²) >= 11 is 0. The van der Waals surface area contributed by atoms with Crippen LogP contribution >= 0.6 is 0 Å². The molecule has 3 aromatic heterocycles. The van der Waals surface area contributed by atoms with E-state index in [1.807, 2.05) is 12.1 Å². The Morgan fingerprint density at radius 1 is 0.291 bits per heavy atom. The van der Waals surface area contributed by atoms with E-state index in [1.165, 1.54) is 93.5 Å². The number of fused-ring (bicyclic) bond motifs is 13. The fraction of sp³-hybridized carbons (Fsp3) is 0. The third-order valence-corrected chi connectivity index (χ3v) is 12.0. The number of aromatic nitrogens is 2. The molecule has 13 rings (SSSR count). The number of para-hydroxylation sites is 3. The zero-order valence-electron chi connectivity index (χ0n) is 29.6. The molecule has 0 radical (unpaired) electrons. The summed E-state index contributed by atoms with van der Waals surface area (Å²) < 4.78 is 11.2. The van der Waals surface area contributed by atoms with E-state index in [2.05, 4.69) is 179 Å². The van der Waals surface area contributed by atoms with Crippen molar-refractivity contribution >= 4 is 76.3 Å². The molecule has 0 fully saturated rings. The molecule has 9 aromatic carbocycles. The number of hydrogen-bond donors (Lipinski definition) is 0. The summed E-state index contributed by atoms with van der Waals surface area (Å²) in [4.78, 5) is 0. The molecule has 254 valence electrons. The van der Waals surface area contributed by atoms with E-state index < -0.39 is 0 Å². The topological polar surface area (TPSA) is 23.0 Å². The van der Waals surface area contributed by atoms with Crippen LogP contribution < -0.4 is 0 Å². The summed E-state index contributed by atoms with van der Waals surface area (Å²) in [5, 5.41) is 9.96. The third-order valence-electron chi connectivity index (χ3n) is 12.0. The van der Waals surface area contributed by atoms with E-state index in [4.69, 9.17) is 4.42 Å². The molecule has 1 aliphatic rings. The summed E-state index contributed by atoms with van der Waals surface area (Å²) in [6, 6.07) is 66.5. The number of nitrogens with zero attached hydrogens (tertiary/aromatic N) is 2. The Hall–Kier alpha value is -7.36. The molecule has 0 N–H and O–H groups in total. The second-order valence-corrected chi connectivity index (χ2v) is 14.9. The Morgan fingerprint density at radius 3 is 1.76 bits per heavy atom. The van der Waals surface area contributed by atoms with Gasteiger partial charge >= 0.3 is 0 Å². The molecule has 0 amide bonds. The lowest BCUT2D eigenvalue weighted by Crippen LogP contribution is -1.94. The monoisotopic (exact) mass is 698 g/mol. The lowest BCUT2D eigenvalue weighted by molar-refractivity contribution is 0.668. The highest BCUT2D eigenvalue weighted by atomic mass is 16.3. The largest absolute Gasteiger partial charge is 0.456 e. The summed E-state index contributed by atoms with van der Waals surface area (Å²) in [5.41, 5.74) is 16.5. The molecular weight excluding hydrogens is 669 g/mol. The van der Waals surface area contributed by atoms with Crippen molar-refractivity contribution in [2.75, 3.05) is 0 Å². The molecule has 0 unspecified atom stereocenters. The third kappa shape index (κ3) is 3.89. The molecule has 3 heterocycles. The standard InChI is InChI=1S/C52H30N2O/c1-2-11-33(12-3-1)53-47-26-22-32(28-44(47)52-41-18-10-17-40-35-13-4-5-14-36(35)43(51(40)41)30-48(52)53)31-21-25-46-42(27-31)37-15-6-8-19-45(37)54(46)34-23-24-39-38-16-7-9-20-49(38)55-50(39)29-34/h1-30H. The molecule has 3 nitrogen and oxygen atoms in total. The van der Waals surface area contributed by atoms with E-state index in [0.717, 1.165) is 27.6 Å². The van der Waals surface area contributed by atoms with Crippen molar-refractivity contribution in [2.24, 2.45) is 0 Å². The minimum atomic E-state index is 0.898. The second-order valence-electron chi connectivity index (χ2n) is 14.9. The Morgan fingerprint density at radius 2 is 0.909 bits per heavy atom. The van der Waals surface area contributed by atoms with Crippen molar-refractivity contribution < 1.29 is 4.42 Å². The quantitative estimate of drug-likeness (QED) is 0.180. The molecule has 55 heavy (non-hydrogen) atoms. The van der Waals surface area contributed by atoms with Crippen molar-refractivity contribution in [3.8, 4) is 44.8 Å². The SMILES string of the molecule is c1ccc(-n2c3ccc(-c4ccc5c(c4)c4ccccc4n5-c4ccc5c(c4)oc4ccccc45)cc3c3c4cccc5c4c(cc32)-c2ccccc2-5)cc1. The van der Waals surface area contributed by atoms with Gasteiger partial charge in [-0.2, -0.15) is 0 Å². The van der Waals surface area contributed by atoms with Crippen molar-refractivity contribution in [2.45, 2.75) is 0 Å². The Balaban J connectivity index is 1.05. The van der Waals surface area contributed by atoms with Crippen LogP contribution in [0.4, 0.5) is 0 Å². The fourth-order valence-corrected chi connectivity index (χ4v) is 9.70. The molecule has 0 saturated carbocycles. The van der Waals surface area contributed by atoms with E-state index in [-0.39, 0.29) is 0 Å². The summed E-state index contributed by atoms with van der Waals surface area (Å²) in [6.45, 7) is 0. The van der Waals surface area contributed by atoms with Gasteiger partial charge in [-0.15, -0.1) is 0 Å². The van der Waals surface area contributed by atoms with Crippen LogP contribution in [0.15, 0.2) is 186 Å². The first kappa shape index (κ1) is 29.1. The molecule has 0 aliphatic heterocycles. The first-order valence-corrected chi connectivity index (χ1v) is 18.9. The lowest BCUT2D eigenvalue weighted by Gasteiger charge is -2.10. The molecule has 0 saturated heterocycles. The van der Waals surface area contributed by atoms with Crippen LogP contribution in [-0.4, -0.2) is 9.13 Å². The van der Waals surface area contributed by atoms with E-state index >= 15 is 0 Å². The highest BCUT2D eigenvalue weighted by Crippen LogP contribution is 2.51. The van der Waals surface area contributed by atoms with Gasteiger partial charge in [0.2, 0.25) is 0 Å². The minimum Gasteiger partial charge on any atom is -0.456 e. The van der Waals surface area contributed by atoms with Crippen LogP contribution in [-0.2, 0) is 0 Å². The van der Waals surface area contributed by atoms with Gasteiger partial charge in [-0.05, 0) is 111 Å². The highest BCUT2D eigenvalue weighted by molar-refractivity contribution is 6.29.